The SMILES string of the molecule is Cn1c(=O)c2c(ncn2CC(=O)Nc2nc(-c3ccc(F)cc3Cl)cs2)n(C)c1=O. The summed E-state index contributed by atoms with van der Waals surface area (Å²) in [4.78, 5) is 45.3. The molecule has 30 heavy (non-hydrogen) atoms. The van der Waals surface area contributed by atoms with Gasteiger partial charge in [0.25, 0.3) is 5.56 Å². The molecule has 0 atom stereocenters. The van der Waals surface area contributed by atoms with Crippen molar-refractivity contribution in [3.63, 3.8) is 0 Å². The lowest BCUT2D eigenvalue weighted by molar-refractivity contribution is -0.116. The first-order chi connectivity index (χ1) is 14.3. The maximum atomic E-state index is 13.2. The van der Waals surface area contributed by atoms with Crippen LogP contribution in [-0.4, -0.2) is 29.6 Å². The van der Waals surface area contributed by atoms with Gasteiger partial charge >= 0.3 is 5.69 Å². The van der Waals surface area contributed by atoms with Gasteiger partial charge in [-0.15, -0.1) is 11.3 Å². The average Bonchev–Trinajstić information content (AvgIpc) is 3.32. The Balaban J connectivity index is 1.57. The second kappa shape index (κ2) is 7.50. The lowest BCUT2D eigenvalue weighted by atomic mass is 10.2. The molecule has 4 rings (SSSR count). The molecule has 0 saturated carbocycles. The molecule has 154 valence electrons. The molecule has 0 radical (unpaired) electrons. The van der Waals surface area contributed by atoms with Crippen molar-refractivity contribution in [3.8, 4) is 11.3 Å². The molecule has 3 aromatic heterocycles. The quantitative estimate of drug-likeness (QED) is 0.514. The Kier molecular flexibility index (Phi) is 5.00. The van der Waals surface area contributed by atoms with E-state index in [-0.39, 0.29) is 22.7 Å². The van der Waals surface area contributed by atoms with Crippen molar-refractivity contribution in [1.29, 1.82) is 0 Å². The van der Waals surface area contributed by atoms with Crippen molar-refractivity contribution in [3.05, 3.63) is 61.6 Å². The predicted octanol–water partition coefficient (Wildman–Crippen LogP) is 1.99. The first-order valence-corrected chi connectivity index (χ1v) is 9.83. The third-order valence-corrected chi connectivity index (χ3v) is 5.56. The molecule has 1 aromatic carbocycles. The van der Waals surface area contributed by atoms with Crippen molar-refractivity contribution in [2.24, 2.45) is 14.1 Å². The molecule has 12 heteroatoms. The number of aromatic nitrogens is 5. The molecule has 0 bridgehead atoms. The number of benzene rings is 1. The Morgan fingerprint density at radius 2 is 2.03 bits per heavy atom. The largest absolute Gasteiger partial charge is 0.332 e. The lowest BCUT2D eigenvalue weighted by Gasteiger charge is -2.06. The van der Waals surface area contributed by atoms with Gasteiger partial charge in [0.2, 0.25) is 5.91 Å². The number of imidazole rings is 1. The minimum atomic E-state index is -0.541. The van der Waals surface area contributed by atoms with Crippen LogP contribution in [0.4, 0.5) is 9.52 Å². The van der Waals surface area contributed by atoms with Gasteiger partial charge < -0.3 is 9.88 Å². The number of anilines is 1. The minimum absolute atomic E-state index is 0.146. The summed E-state index contributed by atoms with van der Waals surface area (Å²) < 4.78 is 16.8. The molecule has 0 aliphatic carbocycles. The standard InChI is InChI=1S/C18H14ClFN6O3S/c1-24-15-14(16(28)25(2)18(24)29)26(8-21-15)6-13(27)23-17-22-12(7-30-17)10-4-3-9(20)5-11(10)19/h3-5,7-8H,6H2,1-2H3,(H,22,23,27). The summed E-state index contributed by atoms with van der Waals surface area (Å²) in [5.74, 6) is -0.889. The third-order valence-electron chi connectivity index (χ3n) is 4.49. The zero-order chi connectivity index (χ0) is 21.6. The van der Waals surface area contributed by atoms with Gasteiger partial charge in [0.05, 0.1) is 17.0 Å². The first kappa shape index (κ1) is 20.0. The summed E-state index contributed by atoms with van der Waals surface area (Å²) in [6.07, 6.45) is 1.33. The molecule has 0 aliphatic heterocycles. The molecule has 0 fully saturated rings. The molecule has 1 amide bonds. The number of nitrogens with zero attached hydrogens (tertiary/aromatic N) is 5. The van der Waals surface area contributed by atoms with E-state index in [0.29, 0.717) is 16.4 Å². The second-order valence-corrected chi connectivity index (χ2v) is 7.73. The highest BCUT2D eigenvalue weighted by Gasteiger charge is 2.17. The monoisotopic (exact) mass is 448 g/mol. The van der Waals surface area contributed by atoms with Crippen LogP contribution in [0.1, 0.15) is 0 Å². The van der Waals surface area contributed by atoms with E-state index in [9.17, 15) is 18.8 Å². The Bertz CT molecular complexity index is 1420. The van der Waals surface area contributed by atoms with Crippen LogP contribution in [0.15, 0.2) is 39.5 Å². The number of hydrogen-bond donors (Lipinski definition) is 1. The molecule has 0 aliphatic rings. The van der Waals surface area contributed by atoms with Crippen LogP contribution < -0.4 is 16.6 Å². The highest BCUT2D eigenvalue weighted by Crippen LogP contribution is 2.31. The number of nitrogens with one attached hydrogen (secondary N) is 1. The maximum Gasteiger partial charge on any atom is 0.332 e. The summed E-state index contributed by atoms with van der Waals surface area (Å²) in [7, 11) is 2.86. The number of fused-ring (bicyclic) bond motifs is 1. The Morgan fingerprint density at radius 3 is 2.77 bits per heavy atom. The minimum Gasteiger partial charge on any atom is -0.315 e. The van der Waals surface area contributed by atoms with Gasteiger partial charge in [-0.2, -0.15) is 0 Å². The van der Waals surface area contributed by atoms with Crippen LogP contribution in [0.2, 0.25) is 5.02 Å². The van der Waals surface area contributed by atoms with Gasteiger partial charge in [-0.05, 0) is 18.2 Å². The average molecular weight is 449 g/mol. The van der Waals surface area contributed by atoms with E-state index in [4.69, 9.17) is 11.6 Å². The van der Waals surface area contributed by atoms with Gasteiger partial charge in [-0.3, -0.25) is 18.7 Å². The highest BCUT2D eigenvalue weighted by molar-refractivity contribution is 7.14. The number of carbonyl (C=O) groups excluding carboxylic acids is 1. The van der Waals surface area contributed by atoms with Gasteiger partial charge in [-0.25, -0.2) is 19.2 Å². The zero-order valence-electron chi connectivity index (χ0n) is 15.7. The van der Waals surface area contributed by atoms with Gasteiger partial charge in [0.15, 0.2) is 16.3 Å². The van der Waals surface area contributed by atoms with Crippen LogP contribution in [-0.2, 0) is 25.4 Å². The van der Waals surface area contributed by atoms with Crippen molar-refractivity contribution in [1.82, 2.24) is 23.7 Å². The normalized spacial score (nSPS) is 11.2. The van der Waals surface area contributed by atoms with E-state index in [2.05, 4.69) is 15.3 Å². The van der Waals surface area contributed by atoms with E-state index in [1.165, 1.54) is 59.1 Å². The van der Waals surface area contributed by atoms with E-state index >= 15 is 0 Å². The fourth-order valence-electron chi connectivity index (χ4n) is 2.98. The fourth-order valence-corrected chi connectivity index (χ4v) is 3.97. The molecule has 9 nitrogen and oxygen atoms in total. The van der Waals surface area contributed by atoms with Crippen molar-refractivity contribution >= 4 is 45.1 Å². The Morgan fingerprint density at radius 1 is 1.27 bits per heavy atom. The zero-order valence-corrected chi connectivity index (χ0v) is 17.3. The Labute approximate surface area is 177 Å². The Hall–Kier alpha value is -3.31. The number of halogens is 2. The number of carbonyl (C=O) groups is 1. The topological polar surface area (TPSA) is 104 Å². The number of aryl methyl sites for hydroxylation is 1. The van der Waals surface area contributed by atoms with E-state index in [0.717, 1.165) is 4.57 Å². The molecule has 1 N–H and O–H groups in total. The fraction of sp³-hybridized carbons (Fsp3) is 0.167. The third kappa shape index (κ3) is 3.42. The van der Waals surface area contributed by atoms with Crippen LogP contribution >= 0.6 is 22.9 Å². The van der Waals surface area contributed by atoms with Crippen molar-refractivity contribution in [2.75, 3.05) is 5.32 Å². The van der Waals surface area contributed by atoms with E-state index in [1.807, 2.05) is 0 Å². The van der Waals surface area contributed by atoms with Crippen LogP contribution in [0.5, 0.6) is 0 Å². The molecular formula is C18H14ClFN6O3S. The highest BCUT2D eigenvalue weighted by atomic mass is 35.5. The molecule has 0 unspecified atom stereocenters. The maximum absolute atomic E-state index is 13.2. The second-order valence-electron chi connectivity index (χ2n) is 6.46. The summed E-state index contributed by atoms with van der Waals surface area (Å²) in [6, 6.07) is 3.97. The van der Waals surface area contributed by atoms with Gasteiger partial charge in [0, 0.05) is 25.0 Å². The number of amides is 1. The van der Waals surface area contributed by atoms with Gasteiger partial charge in [-0.1, -0.05) is 11.6 Å². The molecule has 4 aromatic rings. The summed E-state index contributed by atoms with van der Waals surface area (Å²) in [5.41, 5.74) is 0.334. The van der Waals surface area contributed by atoms with Crippen molar-refractivity contribution in [2.45, 2.75) is 6.54 Å². The smallest absolute Gasteiger partial charge is 0.315 e. The van der Waals surface area contributed by atoms with Crippen molar-refractivity contribution < 1.29 is 9.18 Å². The number of thiazole rings is 1. The molecule has 0 spiro atoms. The predicted molar refractivity (Wildman–Crippen MR) is 111 cm³/mol. The van der Waals surface area contributed by atoms with E-state index in [1.54, 1.807) is 5.38 Å². The molecular weight excluding hydrogens is 435 g/mol. The van der Waals surface area contributed by atoms with Crippen LogP contribution in [0.3, 0.4) is 0 Å². The first-order valence-electron chi connectivity index (χ1n) is 8.58. The van der Waals surface area contributed by atoms with Gasteiger partial charge in [0.1, 0.15) is 12.4 Å². The summed E-state index contributed by atoms with van der Waals surface area (Å²) in [5, 5.41) is 4.87. The van der Waals surface area contributed by atoms with E-state index < -0.39 is 23.0 Å². The van der Waals surface area contributed by atoms with Crippen LogP contribution in [0, 0.1) is 5.82 Å². The number of hydrogen-bond acceptors (Lipinski definition) is 6. The number of rotatable bonds is 4. The lowest BCUT2D eigenvalue weighted by Crippen LogP contribution is -2.37. The summed E-state index contributed by atoms with van der Waals surface area (Å²) in [6.45, 7) is -0.198. The summed E-state index contributed by atoms with van der Waals surface area (Å²) >= 11 is 7.23. The van der Waals surface area contributed by atoms with Crippen LogP contribution in [0.25, 0.3) is 22.4 Å². The molecule has 3 heterocycles. The molecule has 0 saturated heterocycles.